The summed E-state index contributed by atoms with van der Waals surface area (Å²) in [7, 11) is 0. The van der Waals surface area contributed by atoms with Gasteiger partial charge in [0, 0.05) is 56.2 Å². The topological polar surface area (TPSA) is 58.8 Å². The minimum atomic E-state index is -0.821. The van der Waals surface area contributed by atoms with Gasteiger partial charge in [-0.1, -0.05) is 37.6 Å². The van der Waals surface area contributed by atoms with Crippen LogP contribution in [0.4, 0.5) is 0 Å². The minimum absolute atomic E-state index is 0.0600. The molecule has 0 radical (unpaired) electrons. The quantitative estimate of drug-likeness (QED) is 0.835. The number of hydrogen-bond acceptors (Lipinski definition) is 4. The van der Waals surface area contributed by atoms with Crippen molar-refractivity contribution in [3.05, 3.63) is 34.9 Å². The molecule has 2 atom stereocenters. The van der Waals surface area contributed by atoms with Gasteiger partial charge in [-0.2, -0.15) is 0 Å². The molecular formula is C21H32ClN3O2. The largest absolute Gasteiger partial charge is 0.378 e. The summed E-state index contributed by atoms with van der Waals surface area (Å²) < 4.78 is 5.77. The number of nitrogens with two attached hydrogens (primary N) is 1. The first kappa shape index (κ1) is 20.6. The molecule has 3 rings (SSSR count). The zero-order valence-electron chi connectivity index (χ0n) is 16.7. The Morgan fingerprint density at radius 2 is 1.93 bits per heavy atom. The number of ether oxygens (including phenoxy) is 1. The standard InChI is InChI=1S/C21H32ClN3O2/c1-4-27-18-14-21(23,20(18,2)3)19(26)25-11-5-10-24(12-13-25)15-16-6-8-17(22)9-7-16/h6-9,18H,4-5,10-15,23H2,1-3H3. The highest BCUT2D eigenvalue weighted by molar-refractivity contribution is 6.30. The van der Waals surface area contributed by atoms with E-state index >= 15 is 0 Å². The number of nitrogens with zero attached hydrogens (tertiary/aromatic N) is 2. The number of halogens is 1. The number of carbonyl (C=O) groups excluding carboxylic acids is 1. The van der Waals surface area contributed by atoms with Gasteiger partial charge in [0.25, 0.3) is 0 Å². The van der Waals surface area contributed by atoms with Crippen LogP contribution in [0.3, 0.4) is 0 Å². The van der Waals surface area contributed by atoms with Crippen molar-refractivity contribution < 1.29 is 9.53 Å². The summed E-state index contributed by atoms with van der Waals surface area (Å²) in [5, 5.41) is 0.758. The van der Waals surface area contributed by atoms with Gasteiger partial charge in [-0.25, -0.2) is 0 Å². The van der Waals surface area contributed by atoms with E-state index in [4.69, 9.17) is 22.1 Å². The van der Waals surface area contributed by atoms with Crippen LogP contribution in [0.1, 0.15) is 39.2 Å². The number of rotatable bonds is 5. The second kappa shape index (κ2) is 8.08. The lowest BCUT2D eigenvalue weighted by Crippen LogP contribution is -2.76. The highest BCUT2D eigenvalue weighted by Gasteiger charge is 2.63. The Kier molecular flexibility index (Phi) is 6.16. The van der Waals surface area contributed by atoms with E-state index in [1.54, 1.807) is 0 Å². The van der Waals surface area contributed by atoms with E-state index in [1.807, 2.05) is 24.0 Å². The van der Waals surface area contributed by atoms with Gasteiger partial charge in [0.2, 0.25) is 5.91 Å². The number of carbonyl (C=O) groups is 1. The van der Waals surface area contributed by atoms with Crippen LogP contribution in [0.15, 0.2) is 24.3 Å². The first-order valence-corrected chi connectivity index (χ1v) is 10.3. The van der Waals surface area contributed by atoms with Crippen molar-refractivity contribution in [1.82, 2.24) is 9.80 Å². The fraction of sp³-hybridized carbons (Fsp3) is 0.667. The molecule has 1 amide bonds. The maximum Gasteiger partial charge on any atom is 0.243 e. The molecule has 5 nitrogen and oxygen atoms in total. The van der Waals surface area contributed by atoms with E-state index in [1.165, 1.54) is 5.56 Å². The molecule has 1 aromatic carbocycles. The van der Waals surface area contributed by atoms with Crippen molar-refractivity contribution in [1.29, 1.82) is 0 Å². The smallest absolute Gasteiger partial charge is 0.243 e. The van der Waals surface area contributed by atoms with Crippen LogP contribution < -0.4 is 5.73 Å². The van der Waals surface area contributed by atoms with E-state index in [0.717, 1.165) is 44.2 Å². The molecule has 6 heteroatoms. The summed E-state index contributed by atoms with van der Waals surface area (Å²) >= 11 is 5.97. The normalized spacial score (nSPS) is 28.5. The number of amides is 1. The van der Waals surface area contributed by atoms with Crippen molar-refractivity contribution in [3.63, 3.8) is 0 Å². The van der Waals surface area contributed by atoms with Crippen molar-refractivity contribution in [2.24, 2.45) is 11.1 Å². The Morgan fingerprint density at radius 3 is 2.56 bits per heavy atom. The van der Waals surface area contributed by atoms with Crippen molar-refractivity contribution in [3.8, 4) is 0 Å². The van der Waals surface area contributed by atoms with Crippen LogP contribution in [-0.2, 0) is 16.1 Å². The molecule has 150 valence electrons. The van der Waals surface area contributed by atoms with E-state index in [-0.39, 0.29) is 17.4 Å². The third kappa shape index (κ3) is 4.02. The lowest BCUT2D eigenvalue weighted by atomic mass is 9.54. The lowest BCUT2D eigenvalue weighted by molar-refractivity contribution is -0.179. The van der Waals surface area contributed by atoms with Crippen molar-refractivity contribution in [2.45, 2.75) is 51.8 Å². The molecule has 2 N–H and O–H groups in total. The number of hydrogen-bond donors (Lipinski definition) is 1. The average molecular weight is 394 g/mol. The molecule has 1 saturated carbocycles. The molecule has 2 aliphatic rings. The summed E-state index contributed by atoms with van der Waals surface area (Å²) in [6.45, 7) is 11.0. The fourth-order valence-corrected chi connectivity index (χ4v) is 4.39. The SMILES string of the molecule is CCOC1CC(N)(C(=O)N2CCCN(Cc3ccc(Cl)cc3)CC2)C1(C)C. The highest BCUT2D eigenvalue weighted by atomic mass is 35.5. The second-order valence-corrected chi connectivity index (χ2v) is 8.83. The Labute approximate surface area is 167 Å². The van der Waals surface area contributed by atoms with E-state index in [0.29, 0.717) is 13.0 Å². The van der Waals surface area contributed by atoms with Crippen LogP contribution in [-0.4, -0.2) is 60.1 Å². The van der Waals surface area contributed by atoms with Gasteiger partial charge in [0.1, 0.15) is 5.54 Å². The molecular weight excluding hydrogens is 362 g/mol. The molecule has 27 heavy (non-hydrogen) atoms. The van der Waals surface area contributed by atoms with Gasteiger partial charge in [-0.3, -0.25) is 9.69 Å². The van der Waals surface area contributed by atoms with Crippen LogP contribution in [0.2, 0.25) is 5.02 Å². The Hall–Kier alpha value is -1.14. The molecule has 2 unspecified atom stereocenters. The fourth-order valence-electron chi connectivity index (χ4n) is 4.26. The Bertz CT molecular complexity index is 664. The first-order chi connectivity index (χ1) is 12.8. The molecule has 0 spiro atoms. The Morgan fingerprint density at radius 1 is 1.22 bits per heavy atom. The predicted octanol–water partition coefficient (Wildman–Crippen LogP) is 2.91. The minimum Gasteiger partial charge on any atom is -0.378 e. The summed E-state index contributed by atoms with van der Waals surface area (Å²) in [6.07, 6.45) is 1.63. The zero-order valence-corrected chi connectivity index (χ0v) is 17.5. The van der Waals surface area contributed by atoms with Crippen molar-refractivity contribution in [2.75, 3.05) is 32.8 Å². The molecule has 1 aliphatic heterocycles. The molecule has 1 saturated heterocycles. The first-order valence-electron chi connectivity index (χ1n) is 9.94. The van der Waals surface area contributed by atoms with Crippen LogP contribution in [0, 0.1) is 5.41 Å². The maximum absolute atomic E-state index is 13.2. The van der Waals surface area contributed by atoms with Gasteiger partial charge < -0.3 is 15.4 Å². The molecule has 1 aliphatic carbocycles. The van der Waals surface area contributed by atoms with E-state index in [2.05, 4.69) is 30.9 Å². The molecule has 2 fully saturated rings. The summed E-state index contributed by atoms with van der Waals surface area (Å²) in [5.74, 6) is 0.0804. The summed E-state index contributed by atoms with van der Waals surface area (Å²) in [6, 6.07) is 7.98. The highest BCUT2D eigenvalue weighted by Crippen LogP contribution is 2.50. The van der Waals surface area contributed by atoms with Crippen LogP contribution in [0.25, 0.3) is 0 Å². The van der Waals surface area contributed by atoms with Crippen LogP contribution >= 0.6 is 11.6 Å². The third-order valence-corrected chi connectivity index (χ3v) is 6.66. The second-order valence-electron chi connectivity index (χ2n) is 8.39. The number of benzene rings is 1. The maximum atomic E-state index is 13.2. The summed E-state index contributed by atoms with van der Waals surface area (Å²) in [4.78, 5) is 17.6. The van der Waals surface area contributed by atoms with Gasteiger partial charge in [0.05, 0.1) is 6.10 Å². The van der Waals surface area contributed by atoms with Crippen molar-refractivity contribution >= 4 is 17.5 Å². The van der Waals surface area contributed by atoms with Gasteiger partial charge in [-0.15, -0.1) is 0 Å². The average Bonchev–Trinajstić information content (AvgIpc) is 2.88. The lowest BCUT2D eigenvalue weighted by Gasteiger charge is -2.58. The molecule has 0 bridgehead atoms. The monoisotopic (exact) mass is 393 g/mol. The Balaban J connectivity index is 1.59. The van der Waals surface area contributed by atoms with Gasteiger partial charge in [0.15, 0.2) is 0 Å². The molecule has 0 aromatic heterocycles. The van der Waals surface area contributed by atoms with E-state index in [9.17, 15) is 4.79 Å². The third-order valence-electron chi connectivity index (χ3n) is 6.41. The zero-order chi connectivity index (χ0) is 19.7. The summed E-state index contributed by atoms with van der Waals surface area (Å²) in [5.41, 5.74) is 6.69. The predicted molar refractivity (Wildman–Crippen MR) is 109 cm³/mol. The van der Waals surface area contributed by atoms with Gasteiger partial charge in [-0.05, 0) is 31.0 Å². The molecule has 1 heterocycles. The van der Waals surface area contributed by atoms with Gasteiger partial charge >= 0.3 is 0 Å². The van der Waals surface area contributed by atoms with E-state index < -0.39 is 5.54 Å². The van der Waals surface area contributed by atoms with Crippen LogP contribution in [0.5, 0.6) is 0 Å². The molecule has 1 aromatic rings.